The average Bonchev–Trinajstić information content (AvgIpc) is 2.88. The zero-order valence-electron chi connectivity index (χ0n) is 6.83. The second-order valence-electron chi connectivity index (χ2n) is 3.30. The third kappa shape index (κ3) is 1.41. The lowest BCUT2D eigenvalue weighted by atomic mass is 10.2. The van der Waals surface area contributed by atoms with Crippen molar-refractivity contribution in [1.29, 1.82) is 0 Å². The van der Waals surface area contributed by atoms with Crippen LogP contribution in [0.1, 0.15) is 12.8 Å². The van der Waals surface area contributed by atoms with Crippen LogP contribution in [0.3, 0.4) is 0 Å². The highest BCUT2D eigenvalue weighted by molar-refractivity contribution is 5.45. The Morgan fingerprint density at radius 3 is 2.58 bits per heavy atom. The number of nitrogens with one attached hydrogen (secondary N) is 1. The Hall–Kier alpha value is -1.09. The van der Waals surface area contributed by atoms with Crippen molar-refractivity contribution in [3.63, 3.8) is 0 Å². The van der Waals surface area contributed by atoms with E-state index in [4.69, 9.17) is 5.11 Å². The molecule has 2 rings (SSSR count). The quantitative estimate of drug-likeness (QED) is 0.701. The van der Waals surface area contributed by atoms with Gasteiger partial charge in [0.25, 0.3) is 0 Å². The van der Waals surface area contributed by atoms with Crippen molar-refractivity contribution in [2.45, 2.75) is 18.4 Å². The normalized spacial score (nSPS) is 18.8. The van der Waals surface area contributed by atoms with Gasteiger partial charge in [-0.25, -0.2) is 0 Å². The molecule has 3 nitrogen and oxygen atoms in total. The van der Waals surface area contributed by atoms with Crippen LogP contribution in [0, 0.1) is 0 Å². The summed E-state index contributed by atoms with van der Waals surface area (Å²) in [6, 6.07) is 3.82. The molecular weight excluding hydrogens is 152 g/mol. The van der Waals surface area contributed by atoms with Gasteiger partial charge in [-0.15, -0.1) is 0 Å². The zero-order chi connectivity index (χ0) is 8.44. The van der Waals surface area contributed by atoms with E-state index in [0.717, 1.165) is 18.5 Å². The van der Waals surface area contributed by atoms with Crippen LogP contribution in [0.15, 0.2) is 24.5 Å². The van der Waals surface area contributed by atoms with Gasteiger partial charge in [-0.1, -0.05) is 0 Å². The Labute approximate surface area is 71.4 Å². The summed E-state index contributed by atoms with van der Waals surface area (Å²) in [5, 5.41) is 12.3. The Balaban J connectivity index is 2.04. The van der Waals surface area contributed by atoms with Gasteiger partial charge in [-0.3, -0.25) is 4.98 Å². The average molecular weight is 164 g/mol. The van der Waals surface area contributed by atoms with Crippen molar-refractivity contribution in [3.05, 3.63) is 24.5 Å². The molecule has 0 aliphatic heterocycles. The van der Waals surface area contributed by atoms with Crippen LogP contribution in [0.25, 0.3) is 0 Å². The third-order valence-electron chi connectivity index (χ3n) is 2.25. The van der Waals surface area contributed by atoms with Gasteiger partial charge in [0.2, 0.25) is 0 Å². The van der Waals surface area contributed by atoms with Crippen molar-refractivity contribution in [1.82, 2.24) is 4.98 Å². The molecule has 2 N–H and O–H groups in total. The summed E-state index contributed by atoms with van der Waals surface area (Å²) in [4.78, 5) is 3.92. The molecule has 0 radical (unpaired) electrons. The van der Waals surface area contributed by atoms with Crippen LogP contribution >= 0.6 is 0 Å². The van der Waals surface area contributed by atoms with E-state index in [0.29, 0.717) is 0 Å². The number of anilines is 1. The molecule has 3 heteroatoms. The first-order valence-corrected chi connectivity index (χ1v) is 4.14. The predicted octanol–water partition coefficient (Wildman–Crippen LogP) is 1.02. The van der Waals surface area contributed by atoms with E-state index < -0.39 is 0 Å². The fourth-order valence-corrected chi connectivity index (χ4v) is 1.21. The SMILES string of the molecule is OCC1(Nc2ccncc2)CC1. The van der Waals surface area contributed by atoms with Crippen LogP contribution < -0.4 is 5.32 Å². The topological polar surface area (TPSA) is 45.1 Å². The molecule has 1 aliphatic rings. The molecule has 0 amide bonds. The van der Waals surface area contributed by atoms with E-state index in [1.807, 2.05) is 12.1 Å². The molecule has 12 heavy (non-hydrogen) atoms. The summed E-state index contributed by atoms with van der Waals surface area (Å²) in [6.07, 6.45) is 5.61. The largest absolute Gasteiger partial charge is 0.394 e. The third-order valence-corrected chi connectivity index (χ3v) is 2.25. The van der Waals surface area contributed by atoms with Crippen molar-refractivity contribution in [2.24, 2.45) is 0 Å². The fourth-order valence-electron chi connectivity index (χ4n) is 1.21. The first-order chi connectivity index (χ1) is 5.85. The van der Waals surface area contributed by atoms with E-state index in [2.05, 4.69) is 10.3 Å². The maximum absolute atomic E-state index is 9.04. The maximum Gasteiger partial charge on any atom is 0.0661 e. The highest BCUT2D eigenvalue weighted by atomic mass is 16.3. The smallest absolute Gasteiger partial charge is 0.0661 e. The Bertz CT molecular complexity index is 256. The van der Waals surface area contributed by atoms with Gasteiger partial charge in [-0.2, -0.15) is 0 Å². The second-order valence-corrected chi connectivity index (χ2v) is 3.30. The molecule has 64 valence electrons. The molecule has 1 aliphatic carbocycles. The van der Waals surface area contributed by atoms with Crippen molar-refractivity contribution in [2.75, 3.05) is 11.9 Å². The lowest BCUT2D eigenvalue weighted by molar-refractivity contribution is 0.266. The van der Waals surface area contributed by atoms with Crippen molar-refractivity contribution < 1.29 is 5.11 Å². The fraction of sp³-hybridized carbons (Fsp3) is 0.444. The standard InChI is InChI=1S/C9H12N2O/c12-7-9(3-4-9)11-8-1-5-10-6-2-8/h1-2,5-6,12H,3-4,7H2,(H,10,11). The molecule has 1 aromatic heterocycles. The van der Waals surface area contributed by atoms with Gasteiger partial charge in [0, 0.05) is 18.1 Å². The van der Waals surface area contributed by atoms with Crippen molar-refractivity contribution in [3.8, 4) is 0 Å². The second kappa shape index (κ2) is 2.75. The summed E-state index contributed by atoms with van der Waals surface area (Å²) in [6.45, 7) is 0.218. The van der Waals surface area contributed by atoms with E-state index in [-0.39, 0.29) is 12.1 Å². The Morgan fingerprint density at radius 2 is 2.08 bits per heavy atom. The summed E-state index contributed by atoms with van der Waals surface area (Å²) < 4.78 is 0. The predicted molar refractivity (Wildman–Crippen MR) is 46.9 cm³/mol. The zero-order valence-corrected chi connectivity index (χ0v) is 6.83. The lowest BCUT2D eigenvalue weighted by Crippen LogP contribution is -2.25. The lowest BCUT2D eigenvalue weighted by Gasteiger charge is -2.14. The summed E-state index contributed by atoms with van der Waals surface area (Å²) in [5.74, 6) is 0. The van der Waals surface area contributed by atoms with Gasteiger partial charge in [0.15, 0.2) is 0 Å². The molecule has 1 heterocycles. The molecule has 0 unspecified atom stereocenters. The van der Waals surface area contributed by atoms with Gasteiger partial charge >= 0.3 is 0 Å². The van der Waals surface area contributed by atoms with Gasteiger partial charge < -0.3 is 10.4 Å². The summed E-state index contributed by atoms with van der Waals surface area (Å²) in [7, 11) is 0. The monoisotopic (exact) mass is 164 g/mol. The number of hydrogen-bond acceptors (Lipinski definition) is 3. The molecule has 0 saturated heterocycles. The van der Waals surface area contributed by atoms with Crippen LogP contribution in [0.4, 0.5) is 5.69 Å². The molecule has 1 saturated carbocycles. The minimum absolute atomic E-state index is 0.0264. The maximum atomic E-state index is 9.04. The van der Waals surface area contributed by atoms with Crippen LogP contribution in [-0.4, -0.2) is 22.2 Å². The van der Waals surface area contributed by atoms with E-state index in [9.17, 15) is 0 Å². The molecule has 0 atom stereocenters. The molecule has 1 fully saturated rings. The number of hydrogen-bond donors (Lipinski definition) is 2. The van der Waals surface area contributed by atoms with E-state index in [1.165, 1.54) is 0 Å². The van der Waals surface area contributed by atoms with Gasteiger partial charge in [-0.05, 0) is 25.0 Å². The minimum Gasteiger partial charge on any atom is -0.394 e. The first kappa shape index (κ1) is 7.55. The van der Waals surface area contributed by atoms with E-state index in [1.54, 1.807) is 12.4 Å². The first-order valence-electron chi connectivity index (χ1n) is 4.14. The number of rotatable bonds is 3. The van der Waals surface area contributed by atoms with Crippen LogP contribution in [-0.2, 0) is 0 Å². The highest BCUT2D eigenvalue weighted by Crippen LogP contribution is 2.37. The molecule has 0 aromatic carbocycles. The Kier molecular flexibility index (Phi) is 1.73. The number of aliphatic hydroxyl groups excluding tert-OH is 1. The number of aliphatic hydroxyl groups is 1. The Morgan fingerprint density at radius 1 is 1.42 bits per heavy atom. The highest BCUT2D eigenvalue weighted by Gasteiger charge is 2.41. The van der Waals surface area contributed by atoms with Crippen LogP contribution in [0.5, 0.6) is 0 Å². The molecule has 0 spiro atoms. The number of pyridine rings is 1. The van der Waals surface area contributed by atoms with E-state index >= 15 is 0 Å². The van der Waals surface area contributed by atoms with Gasteiger partial charge in [0.1, 0.15) is 0 Å². The number of nitrogens with zero attached hydrogens (tertiary/aromatic N) is 1. The number of aromatic nitrogens is 1. The molecule has 0 bridgehead atoms. The van der Waals surface area contributed by atoms with Crippen LogP contribution in [0.2, 0.25) is 0 Å². The van der Waals surface area contributed by atoms with Gasteiger partial charge in [0.05, 0.1) is 12.1 Å². The van der Waals surface area contributed by atoms with Crippen molar-refractivity contribution >= 4 is 5.69 Å². The molecule has 1 aromatic rings. The summed E-state index contributed by atoms with van der Waals surface area (Å²) in [5.41, 5.74) is 1.01. The minimum atomic E-state index is -0.0264. The molecular formula is C9H12N2O. The summed E-state index contributed by atoms with van der Waals surface area (Å²) >= 11 is 0.